The molecule has 2 amide bonds. The van der Waals surface area contributed by atoms with Crippen LogP contribution in [0.3, 0.4) is 0 Å². The number of halogens is 3. The van der Waals surface area contributed by atoms with Crippen LogP contribution in [0.4, 0.5) is 0 Å². The number of nitrogens with one attached hydrogen (secondary N) is 1. The monoisotopic (exact) mass is 498 g/mol. The van der Waals surface area contributed by atoms with Crippen molar-refractivity contribution < 1.29 is 14.3 Å². The number of carbonyl (C=O) groups is 2. The van der Waals surface area contributed by atoms with Crippen LogP contribution < -0.4 is 10.1 Å². The van der Waals surface area contributed by atoms with Crippen LogP contribution >= 0.6 is 34.8 Å². The van der Waals surface area contributed by atoms with Gasteiger partial charge in [-0.1, -0.05) is 47.8 Å². The topological polar surface area (TPSA) is 58.6 Å². The molecule has 2 aromatic carbocycles. The summed E-state index contributed by atoms with van der Waals surface area (Å²) in [5.41, 5.74) is 0.806. The molecule has 5 nitrogen and oxygen atoms in total. The Morgan fingerprint density at radius 1 is 1.03 bits per heavy atom. The van der Waals surface area contributed by atoms with Crippen LogP contribution in [0.2, 0.25) is 15.1 Å². The maximum absolute atomic E-state index is 13.2. The van der Waals surface area contributed by atoms with E-state index in [9.17, 15) is 9.59 Å². The minimum atomic E-state index is -0.587. The van der Waals surface area contributed by atoms with Crippen LogP contribution in [0.25, 0.3) is 0 Å². The summed E-state index contributed by atoms with van der Waals surface area (Å²) in [6.45, 7) is 6.32. The summed E-state index contributed by atoms with van der Waals surface area (Å²) in [7, 11) is 0. The predicted octanol–water partition coefficient (Wildman–Crippen LogP) is 6.14. The van der Waals surface area contributed by atoms with Crippen molar-refractivity contribution in [2.75, 3.05) is 6.61 Å². The van der Waals surface area contributed by atoms with Crippen molar-refractivity contribution in [2.45, 2.75) is 58.7 Å². The lowest BCUT2D eigenvalue weighted by Crippen LogP contribution is -2.50. The second-order valence-electron chi connectivity index (χ2n) is 7.76. The second kappa shape index (κ2) is 12.9. The molecule has 0 bridgehead atoms. The van der Waals surface area contributed by atoms with Gasteiger partial charge in [-0.05, 0) is 68.7 Å². The minimum Gasteiger partial charge on any atom is -0.494 e. The van der Waals surface area contributed by atoms with Gasteiger partial charge < -0.3 is 15.0 Å². The van der Waals surface area contributed by atoms with E-state index in [0.717, 1.165) is 5.56 Å². The fourth-order valence-corrected chi connectivity index (χ4v) is 3.67. The molecule has 0 fully saturated rings. The number of nitrogens with zero attached hydrogens (tertiary/aromatic N) is 1. The first-order valence-corrected chi connectivity index (χ1v) is 11.8. The number of hydrogen-bond acceptors (Lipinski definition) is 3. The average Bonchev–Trinajstić information content (AvgIpc) is 2.74. The van der Waals surface area contributed by atoms with Crippen LogP contribution in [0.15, 0.2) is 42.5 Å². The zero-order valence-corrected chi connectivity index (χ0v) is 20.8. The third-order valence-corrected chi connectivity index (χ3v) is 5.76. The number of benzene rings is 2. The summed E-state index contributed by atoms with van der Waals surface area (Å²) in [6.07, 6.45) is 1.26. The summed E-state index contributed by atoms with van der Waals surface area (Å²) in [4.78, 5) is 27.6. The van der Waals surface area contributed by atoms with Gasteiger partial charge in [0.15, 0.2) is 0 Å². The summed E-state index contributed by atoms with van der Waals surface area (Å²) in [5.74, 6) is 0.395. The molecule has 0 radical (unpaired) electrons. The molecule has 0 spiro atoms. The molecule has 32 heavy (non-hydrogen) atoms. The normalized spacial score (nSPS) is 11.8. The highest BCUT2D eigenvalue weighted by atomic mass is 35.5. The lowest BCUT2D eigenvalue weighted by molar-refractivity contribution is -0.141. The van der Waals surface area contributed by atoms with Crippen LogP contribution in [-0.4, -0.2) is 35.4 Å². The molecule has 174 valence electrons. The SMILES string of the molecule is CC[C@H](C(=O)NC(C)C)N(Cc1ccc(Cl)c(Cl)c1)C(=O)CCCOc1ccc(Cl)cc1. The zero-order valence-electron chi connectivity index (χ0n) is 18.5. The van der Waals surface area contributed by atoms with Gasteiger partial charge in [-0.2, -0.15) is 0 Å². The highest BCUT2D eigenvalue weighted by molar-refractivity contribution is 6.42. The van der Waals surface area contributed by atoms with Gasteiger partial charge in [0.1, 0.15) is 11.8 Å². The van der Waals surface area contributed by atoms with Crippen molar-refractivity contribution in [2.24, 2.45) is 0 Å². The Balaban J connectivity index is 2.08. The molecule has 1 N–H and O–H groups in total. The van der Waals surface area contributed by atoms with Gasteiger partial charge in [-0.3, -0.25) is 9.59 Å². The molecule has 0 unspecified atom stereocenters. The molecule has 0 saturated carbocycles. The van der Waals surface area contributed by atoms with Crippen molar-refractivity contribution in [3.63, 3.8) is 0 Å². The standard InChI is InChI=1S/C24H29Cl3N2O3/c1-4-22(24(31)28-16(2)3)29(15-17-7-12-20(26)21(27)14-17)23(30)6-5-13-32-19-10-8-18(25)9-11-19/h7-12,14,16,22H,4-6,13,15H2,1-3H3,(H,28,31)/t22-/m1/s1. The molecule has 8 heteroatoms. The number of carbonyl (C=O) groups excluding carboxylic acids is 2. The van der Waals surface area contributed by atoms with E-state index in [2.05, 4.69) is 5.32 Å². The van der Waals surface area contributed by atoms with E-state index < -0.39 is 6.04 Å². The van der Waals surface area contributed by atoms with Crippen LogP contribution in [0.5, 0.6) is 5.75 Å². The molecular formula is C24H29Cl3N2O3. The van der Waals surface area contributed by atoms with E-state index in [1.807, 2.05) is 26.8 Å². The van der Waals surface area contributed by atoms with Crippen molar-refractivity contribution in [1.29, 1.82) is 0 Å². The Kier molecular flexibility index (Phi) is 10.6. The summed E-state index contributed by atoms with van der Waals surface area (Å²) in [6, 6.07) is 11.7. The smallest absolute Gasteiger partial charge is 0.243 e. The summed E-state index contributed by atoms with van der Waals surface area (Å²) < 4.78 is 5.68. The lowest BCUT2D eigenvalue weighted by Gasteiger charge is -2.31. The van der Waals surface area contributed by atoms with Gasteiger partial charge in [0.2, 0.25) is 11.8 Å². The first-order chi connectivity index (χ1) is 15.2. The molecule has 0 aromatic heterocycles. The summed E-state index contributed by atoms with van der Waals surface area (Å²) >= 11 is 18.1. The number of hydrogen-bond donors (Lipinski definition) is 1. The van der Waals surface area contributed by atoms with E-state index in [1.165, 1.54) is 0 Å². The highest BCUT2D eigenvalue weighted by Gasteiger charge is 2.28. The van der Waals surface area contributed by atoms with E-state index in [4.69, 9.17) is 39.5 Å². The molecule has 0 heterocycles. The molecule has 0 aliphatic heterocycles. The molecule has 0 aliphatic carbocycles. The third-order valence-electron chi connectivity index (χ3n) is 4.77. The van der Waals surface area contributed by atoms with Crippen LogP contribution in [0.1, 0.15) is 45.6 Å². The van der Waals surface area contributed by atoms with Crippen molar-refractivity contribution in [3.05, 3.63) is 63.1 Å². The highest BCUT2D eigenvalue weighted by Crippen LogP contribution is 2.24. The van der Waals surface area contributed by atoms with Gasteiger partial charge in [-0.15, -0.1) is 0 Å². The van der Waals surface area contributed by atoms with E-state index in [0.29, 0.717) is 40.3 Å². The predicted molar refractivity (Wildman–Crippen MR) is 131 cm³/mol. The van der Waals surface area contributed by atoms with Gasteiger partial charge in [-0.25, -0.2) is 0 Å². The molecule has 2 aromatic rings. The minimum absolute atomic E-state index is 0.0220. The molecule has 1 atom stereocenters. The fourth-order valence-electron chi connectivity index (χ4n) is 3.22. The van der Waals surface area contributed by atoms with Gasteiger partial charge in [0.05, 0.1) is 16.7 Å². The number of amides is 2. The van der Waals surface area contributed by atoms with Crippen LogP contribution in [-0.2, 0) is 16.1 Å². The van der Waals surface area contributed by atoms with Gasteiger partial charge >= 0.3 is 0 Å². The summed E-state index contributed by atoms with van der Waals surface area (Å²) in [5, 5.41) is 4.40. The largest absolute Gasteiger partial charge is 0.494 e. The third kappa shape index (κ3) is 8.19. The molecule has 0 aliphatic rings. The van der Waals surface area contributed by atoms with E-state index >= 15 is 0 Å². The first-order valence-electron chi connectivity index (χ1n) is 10.6. The Bertz CT molecular complexity index is 904. The van der Waals surface area contributed by atoms with E-state index in [1.54, 1.807) is 41.3 Å². The average molecular weight is 500 g/mol. The van der Waals surface area contributed by atoms with E-state index in [-0.39, 0.29) is 30.8 Å². The second-order valence-corrected chi connectivity index (χ2v) is 9.01. The molecule has 2 rings (SSSR count). The Hall–Kier alpha value is -1.95. The molecular weight excluding hydrogens is 471 g/mol. The van der Waals surface area contributed by atoms with Crippen molar-refractivity contribution >= 4 is 46.6 Å². The first kappa shape index (κ1) is 26.3. The Morgan fingerprint density at radius 3 is 2.31 bits per heavy atom. The maximum atomic E-state index is 13.2. The van der Waals surface area contributed by atoms with Crippen molar-refractivity contribution in [1.82, 2.24) is 10.2 Å². The van der Waals surface area contributed by atoms with Crippen molar-refractivity contribution in [3.8, 4) is 5.75 Å². The quantitative estimate of drug-likeness (QED) is 0.378. The Labute approximate surface area is 205 Å². The maximum Gasteiger partial charge on any atom is 0.243 e. The zero-order chi connectivity index (χ0) is 23.7. The fraction of sp³-hybridized carbons (Fsp3) is 0.417. The van der Waals surface area contributed by atoms with Gasteiger partial charge in [0.25, 0.3) is 0 Å². The Morgan fingerprint density at radius 2 is 1.72 bits per heavy atom. The van der Waals surface area contributed by atoms with Crippen LogP contribution in [0, 0.1) is 0 Å². The van der Waals surface area contributed by atoms with Gasteiger partial charge in [0, 0.05) is 24.0 Å². The number of ether oxygens (including phenoxy) is 1. The molecule has 0 saturated heterocycles. The lowest BCUT2D eigenvalue weighted by atomic mass is 10.1. The number of rotatable bonds is 11.